The molecule has 136 valence electrons. The fourth-order valence-electron chi connectivity index (χ4n) is 2.37. The van der Waals surface area contributed by atoms with Crippen molar-refractivity contribution < 1.29 is 19.4 Å². The molecular formula is C21H23NO4. The van der Waals surface area contributed by atoms with Gasteiger partial charge >= 0.3 is 0 Å². The van der Waals surface area contributed by atoms with Gasteiger partial charge in [0.2, 0.25) is 0 Å². The number of aryl methyl sites for hydroxylation is 2. The zero-order chi connectivity index (χ0) is 19.3. The van der Waals surface area contributed by atoms with E-state index < -0.39 is 0 Å². The monoisotopic (exact) mass is 353 g/mol. The fraction of sp³-hybridized carbons (Fsp3) is 0.238. The number of aromatic hydroxyl groups is 1. The molecule has 0 spiro atoms. The highest BCUT2D eigenvalue weighted by atomic mass is 16.5. The third-order valence-corrected chi connectivity index (χ3v) is 3.92. The van der Waals surface area contributed by atoms with E-state index in [1.807, 2.05) is 26.0 Å². The fourth-order valence-corrected chi connectivity index (χ4v) is 2.37. The maximum absolute atomic E-state index is 12.4. The molecule has 0 radical (unpaired) electrons. The minimum atomic E-state index is -0.169. The number of carbonyl (C=O) groups is 2. The second-order valence-electron chi connectivity index (χ2n) is 6.31. The Kier molecular flexibility index (Phi) is 6.17. The number of allylic oxidation sites excluding steroid dienone is 1. The Bertz CT molecular complexity index is 830. The summed E-state index contributed by atoms with van der Waals surface area (Å²) in [5.41, 5.74) is 2.84. The van der Waals surface area contributed by atoms with Gasteiger partial charge in [-0.15, -0.1) is 0 Å². The summed E-state index contributed by atoms with van der Waals surface area (Å²) in [6.07, 6.45) is 3.19. The second kappa shape index (κ2) is 8.34. The number of amides is 1. The lowest BCUT2D eigenvalue weighted by Crippen LogP contribution is -2.27. The minimum Gasteiger partial charge on any atom is -0.507 e. The number of hydrogen-bond donors (Lipinski definition) is 1. The van der Waals surface area contributed by atoms with Crippen LogP contribution in [0.4, 0.5) is 0 Å². The maximum atomic E-state index is 12.4. The van der Waals surface area contributed by atoms with Crippen molar-refractivity contribution in [2.24, 2.45) is 0 Å². The normalized spacial score (nSPS) is 10.8. The van der Waals surface area contributed by atoms with Crippen LogP contribution >= 0.6 is 0 Å². The molecular weight excluding hydrogens is 330 g/mol. The standard InChI is InChI=1S/C21H23NO4/c1-14-10-16(11-15(2)21(14)25)8-9-19(23)17-6-5-7-18(12-17)26-13-20(24)22(3)4/h5-12,25H,13H2,1-4H3. The Morgan fingerprint density at radius 3 is 2.38 bits per heavy atom. The lowest BCUT2D eigenvalue weighted by molar-refractivity contribution is -0.130. The highest BCUT2D eigenvalue weighted by Crippen LogP contribution is 2.23. The van der Waals surface area contributed by atoms with Crippen LogP contribution in [0.25, 0.3) is 6.08 Å². The van der Waals surface area contributed by atoms with Gasteiger partial charge in [0.15, 0.2) is 12.4 Å². The summed E-state index contributed by atoms with van der Waals surface area (Å²) in [4.78, 5) is 25.4. The van der Waals surface area contributed by atoms with E-state index in [4.69, 9.17) is 4.74 Å². The number of rotatable bonds is 6. The number of hydrogen-bond acceptors (Lipinski definition) is 4. The van der Waals surface area contributed by atoms with Crippen LogP contribution < -0.4 is 4.74 Å². The van der Waals surface area contributed by atoms with Crippen molar-refractivity contribution >= 4 is 17.8 Å². The number of ether oxygens (including phenoxy) is 1. The van der Waals surface area contributed by atoms with E-state index in [0.29, 0.717) is 11.3 Å². The lowest BCUT2D eigenvalue weighted by Gasteiger charge is -2.11. The van der Waals surface area contributed by atoms with Crippen molar-refractivity contribution in [2.75, 3.05) is 20.7 Å². The van der Waals surface area contributed by atoms with E-state index in [9.17, 15) is 14.7 Å². The molecule has 5 nitrogen and oxygen atoms in total. The predicted molar refractivity (Wildman–Crippen MR) is 102 cm³/mol. The highest BCUT2D eigenvalue weighted by molar-refractivity contribution is 6.07. The zero-order valence-corrected chi connectivity index (χ0v) is 15.4. The van der Waals surface area contributed by atoms with E-state index in [0.717, 1.165) is 16.7 Å². The van der Waals surface area contributed by atoms with Crippen LogP contribution in [0, 0.1) is 13.8 Å². The van der Waals surface area contributed by atoms with Crippen LogP contribution in [0.5, 0.6) is 11.5 Å². The zero-order valence-electron chi connectivity index (χ0n) is 15.4. The molecule has 5 heteroatoms. The van der Waals surface area contributed by atoms with Gasteiger partial charge in [-0.25, -0.2) is 0 Å². The molecule has 0 aliphatic heterocycles. The molecule has 0 saturated heterocycles. The number of phenols is 1. The van der Waals surface area contributed by atoms with Gasteiger partial charge in [-0.1, -0.05) is 18.2 Å². The average molecular weight is 353 g/mol. The van der Waals surface area contributed by atoms with Crippen molar-refractivity contribution in [3.8, 4) is 11.5 Å². The third kappa shape index (κ3) is 4.96. The van der Waals surface area contributed by atoms with Gasteiger partial charge in [0.1, 0.15) is 11.5 Å². The molecule has 0 aromatic heterocycles. The Labute approximate surface area is 153 Å². The molecule has 0 unspecified atom stereocenters. The van der Waals surface area contributed by atoms with Gasteiger partial charge < -0.3 is 14.7 Å². The SMILES string of the molecule is Cc1cc(C=CC(=O)c2cccc(OCC(=O)N(C)C)c2)cc(C)c1O. The molecule has 1 amide bonds. The molecule has 26 heavy (non-hydrogen) atoms. The van der Waals surface area contributed by atoms with Gasteiger partial charge in [0.05, 0.1) is 0 Å². The highest BCUT2D eigenvalue weighted by Gasteiger charge is 2.08. The number of benzene rings is 2. The average Bonchev–Trinajstić information content (AvgIpc) is 2.62. The minimum absolute atomic E-state index is 0.0768. The molecule has 0 bridgehead atoms. The van der Waals surface area contributed by atoms with E-state index in [1.54, 1.807) is 44.4 Å². The maximum Gasteiger partial charge on any atom is 0.259 e. The van der Waals surface area contributed by atoms with Crippen LogP contribution in [-0.4, -0.2) is 42.4 Å². The van der Waals surface area contributed by atoms with Crippen LogP contribution in [0.2, 0.25) is 0 Å². The van der Waals surface area contributed by atoms with Crippen molar-refractivity contribution in [3.05, 3.63) is 64.7 Å². The number of phenolic OH excluding ortho intramolecular Hbond substituents is 1. The first-order valence-electron chi connectivity index (χ1n) is 8.23. The molecule has 2 aromatic rings. The first-order chi connectivity index (χ1) is 12.3. The van der Waals surface area contributed by atoms with Crippen LogP contribution in [0.15, 0.2) is 42.5 Å². The molecule has 0 atom stereocenters. The van der Waals surface area contributed by atoms with Gasteiger partial charge in [-0.05, 0) is 60.9 Å². The number of nitrogens with zero attached hydrogens (tertiary/aromatic N) is 1. The summed E-state index contributed by atoms with van der Waals surface area (Å²) in [6, 6.07) is 10.4. The number of likely N-dealkylation sites (N-methyl/N-ethyl adjacent to an activating group) is 1. The van der Waals surface area contributed by atoms with Crippen LogP contribution in [0.3, 0.4) is 0 Å². The quantitative estimate of drug-likeness (QED) is 0.639. The molecule has 2 rings (SSSR count). The Morgan fingerprint density at radius 1 is 1.12 bits per heavy atom. The molecule has 0 heterocycles. The molecule has 0 aliphatic carbocycles. The second-order valence-corrected chi connectivity index (χ2v) is 6.31. The number of carbonyl (C=O) groups excluding carboxylic acids is 2. The van der Waals surface area contributed by atoms with Gasteiger partial charge in [0.25, 0.3) is 5.91 Å². The summed E-state index contributed by atoms with van der Waals surface area (Å²) >= 11 is 0. The summed E-state index contributed by atoms with van der Waals surface area (Å²) in [6.45, 7) is 3.56. The molecule has 0 fully saturated rings. The molecule has 0 aliphatic rings. The molecule has 2 aromatic carbocycles. The van der Waals surface area contributed by atoms with Crippen molar-refractivity contribution in [3.63, 3.8) is 0 Å². The summed E-state index contributed by atoms with van der Waals surface area (Å²) in [5, 5.41) is 9.81. The Balaban J connectivity index is 2.10. The van der Waals surface area contributed by atoms with E-state index in [-0.39, 0.29) is 24.0 Å². The summed E-state index contributed by atoms with van der Waals surface area (Å²) in [7, 11) is 3.31. The molecule has 1 N–H and O–H groups in total. The van der Waals surface area contributed by atoms with Gasteiger partial charge in [-0.2, -0.15) is 0 Å². The summed E-state index contributed by atoms with van der Waals surface area (Å²) < 4.78 is 5.43. The smallest absolute Gasteiger partial charge is 0.259 e. The van der Waals surface area contributed by atoms with Crippen molar-refractivity contribution in [1.29, 1.82) is 0 Å². The third-order valence-electron chi connectivity index (χ3n) is 3.92. The number of ketones is 1. The lowest BCUT2D eigenvalue weighted by atomic mass is 10.0. The van der Waals surface area contributed by atoms with Crippen LogP contribution in [-0.2, 0) is 4.79 Å². The predicted octanol–water partition coefficient (Wildman–Crippen LogP) is 3.37. The van der Waals surface area contributed by atoms with Gasteiger partial charge in [0, 0.05) is 19.7 Å². The van der Waals surface area contributed by atoms with Crippen molar-refractivity contribution in [1.82, 2.24) is 4.90 Å². The van der Waals surface area contributed by atoms with Crippen molar-refractivity contribution in [2.45, 2.75) is 13.8 Å². The van der Waals surface area contributed by atoms with Crippen LogP contribution in [0.1, 0.15) is 27.0 Å². The topological polar surface area (TPSA) is 66.8 Å². The van der Waals surface area contributed by atoms with Gasteiger partial charge in [-0.3, -0.25) is 9.59 Å². The van der Waals surface area contributed by atoms with E-state index >= 15 is 0 Å². The largest absolute Gasteiger partial charge is 0.507 e. The Morgan fingerprint density at radius 2 is 1.77 bits per heavy atom. The van der Waals surface area contributed by atoms with E-state index in [2.05, 4.69) is 0 Å². The summed E-state index contributed by atoms with van der Waals surface area (Å²) in [5.74, 6) is 0.416. The molecule has 0 saturated carbocycles. The first-order valence-corrected chi connectivity index (χ1v) is 8.23. The van der Waals surface area contributed by atoms with E-state index in [1.165, 1.54) is 11.0 Å². The Hall–Kier alpha value is -3.08. The first kappa shape index (κ1) is 19.2.